The molecule has 1 aromatic heterocycles. The van der Waals surface area contributed by atoms with Gasteiger partial charge >= 0.3 is 0 Å². The van der Waals surface area contributed by atoms with Crippen LogP contribution in [0.4, 0.5) is 11.6 Å². The standard InChI is InChI=1S/C21H22N4O/c1-3-17-11-7-8-15(2)19(17)25-21-23-13-18(14-24-21)20(26)22-12-16-9-5-4-6-10-16/h4-11,13-14H,3,12H2,1-2H3,(H,22,26)(H,23,24,25). The Kier molecular flexibility index (Phi) is 5.59. The fourth-order valence-corrected chi connectivity index (χ4v) is 2.70. The van der Waals surface area contributed by atoms with Crippen LogP contribution < -0.4 is 10.6 Å². The number of anilines is 2. The first-order valence-electron chi connectivity index (χ1n) is 8.67. The van der Waals surface area contributed by atoms with Gasteiger partial charge in [0.05, 0.1) is 5.56 Å². The number of nitrogens with zero attached hydrogens (tertiary/aromatic N) is 2. The van der Waals surface area contributed by atoms with Gasteiger partial charge in [0.15, 0.2) is 0 Å². The molecule has 3 aromatic rings. The molecular weight excluding hydrogens is 324 g/mol. The van der Waals surface area contributed by atoms with Gasteiger partial charge in [-0.25, -0.2) is 9.97 Å². The minimum atomic E-state index is -0.189. The lowest BCUT2D eigenvalue weighted by molar-refractivity contribution is 0.0950. The second-order valence-electron chi connectivity index (χ2n) is 6.05. The van der Waals surface area contributed by atoms with Crippen LogP contribution in [0.25, 0.3) is 0 Å². The summed E-state index contributed by atoms with van der Waals surface area (Å²) >= 11 is 0. The number of para-hydroxylation sites is 1. The number of benzene rings is 2. The Morgan fingerprint density at radius 3 is 2.42 bits per heavy atom. The summed E-state index contributed by atoms with van der Waals surface area (Å²) in [5.74, 6) is 0.291. The summed E-state index contributed by atoms with van der Waals surface area (Å²) < 4.78 is 0. The third kappa shape index (κ3) is 4.25. The van der Waals surface area contributed by atoms with E-state index in [1.54, 1.807) is 12.4 Å². The Bertz CT molecular complexity index is 876. The van der Waals surface area contributed by atoms with E-state index >= 15 is 0 Å². The van der Waals surface area contributed by atoms with Crippen molar-refractivity contribution < 1.29 is 4.79 Å². The van der Waals surface area contributed by atoms with Crippen molar-refractivity contribution in [2.24, 2.45) is 0 Å². The van der Waals surface area contributed by atoms with E-state index in [4.69, 9.17) is 0 Å². The molecule has 0 aliphatic rings. The average Bonchev–Trinajstić information content (AvgIpc) is 2.69. The quantitative estimate of drug-likeness (QED) is 0.707. The predicted octanol–water partition coefficient (Wildman–Crippen LogP) is 4.02. The third-order valence-corrected chi connectivity index (χ3v) is 4.19. The predicted molar refractivity (Wildman–Crippen MR) is 103 cm³/mol. The summed E-state index contributed by atoms with van der Waals surface area (Å²) in [5.41, 5.74) is 4.85. The Balaban J connectivity index is 1.66. The van der Waals surface area contributed by atoms with Crippen molar-refractivity contribution in [3.05, 3.63) is 83.2 Å². The second kappa shape index (κ2) is 8.25. The van der Waals surface area contributed by atoms with Crippen LogP contribution >= 0.6 is 0 Å². The van der Waals surface area contributed by atoms with E-state index in [2.05, 4.69) is 33.6 Å². The van der Waals surface area contributed by atoms with E-state index in [0.717, 1.165) is 23.2 Å². The minimum absolute atomic E-state index is 0.189. The first-order chi connectivity index (χ1) is 12.7. The molecule has 0 atom stereocenters. The molecule has 3 rings (SSSR count). The molecule has 1 heterocycles. The fourth-order valence-electron chi connectivity index (χ4n) is 2.70. The molecule has 2 N–H and O–H groups in total. The lowest BCUT2D eigenvalue weighted by Gasteiger charge is -2.13. The van der Waals surface area contributed by atoms with Crippen LogP contribution in [0.2, 0.25) is 0 Å². The molecular formula is C21H22N4O. The number of amides is 1. The molecule has 5 nitrogen and oxygen atoms in total. The molecule has 0 aliphatic carbocycles. The van der Waals surface area contributed by atoms with Crippen molar-refractivity contribution in [3.8, 4) is 0 Å². The van der Waals surface area contributed by atoms with Crippen LogP contribution in [-0.4, -0.2) is 15.9 Å². The molecule has 5 heteroatoms. The fraction of sp³-hybridized carbons (Fsp3) is 0.190. The highest BCUT2D eigenvalue weighted by atomic mass is 16.1. The third-order valence-electron chi connectivity index (χ3n) is 4.19. The van der Waals surface area contributed by atoms with E-state index in [1.165, 1.54) is 5.56 Å². The van der Waals surface area contributed by atoms with Crippen LogP contribution in [0.5, 0.6) is 0 Å². The number of carbonyl (C=O) groups excluding carboxylic acids is 1. The van der Waals surface area contributed by atoms with E-state index in [1.807, 2.05) is 49.4 Å². The number of carbonyl (C=O) groups is 1. The maximum Gasteiger partial charge on any atom is 0.254 e. The molecule has 132 valence electrons. The van der Waals surface area contributed by atoms with Crippen molar-refractivity contribution in [3.63, 3.8) is 0 Å². The highest BCUT2D eigenvalue weighted by Gasteiger charge is 2.09. The Labute approximate surface area is 153 Å². The second-order valence-corrected chi connectivity index (χ2v) is 6.05. The zero-order valence-corrected chi connectivity index (χ0v) is 15.0. The SMILES string of the molecule is CCc1cccc(C)c1Nc1ncc(C(=O)NCc2ccccc2)cn1. The van der Waals surface area contributed by atoms with Gasteiger partial charge in [-0.1, -0.05) is 55.5 Å². The maximum atomic E-state index is 12.2. The number of rotatable bonds is 6. The van der Waals surface area contributed by atoms with Gasteiger partial charge in [-0.3, -0.25) is 4.79 Å². The normalized spacial score (nSPS) is 10.4. The van der Waals surface area contributed by atoms with Gasteiger partial charge in [-0.15, -0.1) is 0 Å². The van der Waals surface area contributed by atoms with Crippen LogP contribution in [0.15, 0.2) is 60.9 Å². The summed E-state index contributed by atoms with van der Waals surface area (Å²) in [5, 5.41) is 6.13. The van der Waals surface area contributed by atoms with E-state index in [9.17, 15) is 4.79 Å². The lowest BCUT2D eigenvalue weighted by atomic mass is 10.1. The van der Waals surface area contributed by atoms with Crippen molar-refractivity contribution in [2.45, 2.75) is 26.8 Å². The van der Waals surface area contributed by atoms with Crippen LogP contribution in [-0.2, 0) is 13.0 Å². The molecule has 0 fully saturated rings. The summed E-state index contributed by atoms with van der Waals surface area (Å²) in [6, 6.07) is 16.0. The number of aromatic nitrogens is 2. The van der Waals surface area contributed by atoms with Gasteiger partial charge in [0.1, 0.15) is 0 Å². The number of hydrogen-bond acceptors (Lipinski definition) is 4. The van der Waals surface area contributed by atoms with Gasteiger partial charge in [-0.2, -0.15) is 0 Å². The molecule has 0 saturated heterocycles. The highest BCUT2D eigenvalue weighted by Crippen LogP contribution is 2.23. The van der Waals surface area contributed by atoms with E-state index in [0.29, 0.717) is 18.1 Å². The molecule has 0 bridgehead atoms. The van der Waals surface area contributed by atoms with Crippen LogP contribution in [0, 0.1) is 6.92 Å². The van der Waals surface area contributed by atoms with Gasteiger partial charge in [0, 0.05) is 24.6 Å². The summed E-state index contributed by atoms with van der Waals surface area (Å²) in [6.07, 6.45) is 4.00. The van der Waals surface area contributed by atoms with E-state index < -0.39 is 0 Å². The molecule has 0 saturated carbocycles. The first-order valence-corrected chi connectivity index (χ1v) is 8.67. The lowest BCUT2D eigenvalue weighted by Crippen LogP contribution is -2.23. The molecule has 26 heavy (non-hydrogen) atoms. The smallest absolute Gasteiger partial charge is 0.254 e. The molecule has 2 aromatic carbocycles. The van der Waals surface area contributed by atoms with Crippen molar-refractivity contribution in [2.75, 3.05) is 5.32 Å². The first kappa shape index (κ1) is 17.6. The largest absolute Gasteiger partial charge is 0.348 e. The number of nitrogens with one attached hydrogen (secondary N) is 2. The number of hydrogen-bond donors (Lipinski definition) is 2. The summed E-state index contributed by atoms with van der Waals surface area (Å²) in [6.45, 7) is 4.64. The van der Waals surface area contributed by atoms with Crippen LogP contribution in [0.3, 0.4) is 0 Å². The zero-order valence-electron chi connectivity index (χ0n) is 15.0. The van der Waals surface area contributed by atoms with Gasteiger partial charge in [0.2, 0.25) is 5.95 Å². The van der Waals surface area contributed by atoms with Crippen molar-refractivity contribution >= 4 is 17.5 Å². The molecule has 0 aliphatic heterocycles. The summed E-state index contributed by atoms with van der Waals surface area (Å²) in [7, 11) is 0. The Hall–Kier alpha value is -3.21. The number of aryl methyl sites for hydroxylation is 2. The van der Waals surface area contributed by atoms with E-state index in [-0.39, 0.29) is 5.91 Å². The summed E-state index contributed by atoms with van der Waals surface area (Å²) in [4.78, 5) is 20.8. The topological polar surface area (TPSA) is 66.9 Å². The molecule has 0 unspecified atom stereocenters. The van der Waals surface area contributed by atoms with Gasteiger partial charge < -0.3 is 10.6 Å². The molecule has 0 spiro atoms. The highest BCUT2D eigenvalue weighted by molar-refractivity contribution is 5.93. The van der Waals surface area contributed by atoms with Gasteiger partial charge in [-0.05, 0) is 30.0 Å². The van der Waals surface area contributed by atoms with Crippen LogP contribution in [0.1, 0.15) is 34.0 Å². The maximum absolute atomic E-state index is 12.2. The monoisotopic (exact) mass is 346 g/mol. The van der Waals surface area contributed by atoms with Crippen molar-refractivity contribution in [1.82, 2.24) is 15.3 Å². The average molecular weight is 346 g/mol. The molecule has 1 amide bonds. The minimum Gasteiger partial charge on any atom is -0.348 e. The van der Waals surface area contributed by atoms with Gasteiger partial charge in [0.25, 0.3) is 5.91 Å². The Morgan fingerprint density at radius 1 is 1.00 bits per heavy atom. The Morgan fingerprint density at radius 2 is 1.73 bits per heavy atom. The zero-order chi connectivity index (χ0) is 18.4. The van der Waals surface area contributed by atoms with Crippen molar-refractivity contribution in [1.29, 1.82) is 0 Å². The molecule has 0 radical (unpaired) electrons.